The van der Waals surface area contributed by atoms with E-state index in [1.807, 2.05) is 12.1 Å². The van der Waals surface area contributed by atoms with Crippen molar-refractivity contribution in [2.24, 2.45) is 0 Å². The molecule has 0 spiro atoms. The summed E-state index contributed by atoms with van der Waals surface area (Å²) in [5, 5.41) is 3.46. The molecule has 2 aromatic carbocycles. The van der Waals surface area contributed by atoms with Crippen LogP contribution in [-0.2, 0) is 13.0 Å². The molecule has 0 saturated heterocycles. The minimum Gasteiger partial charge on any atom is -0.486 e. The van der Waals surface area contributed by atoms with E-state index in [1.165, 1.54) is 11.1 Å². The number of benzene rings is 2. The van der Waals surface area contributed by atoms with Crippen molar-refractivity contribution in [3.63, 3.8) is 0 Å². The Bertz CT molecular complexity index is 615. The van der Waals surface area contributed by atoms with Gasteiger partial charge in [0.25, 0.3) is 0 Å². The lowest BCUT2D eigenvalue weighted by Gasteiger charge is -2.18. The molecular weight excluding hydrogens is 330 g/mol. The van der Waals surface area contributed by atoms with Gasteiger partial charge in [0.15, 0.2) is 11.5 Å². The average molecular weight is 348 g/mol. The third kappa shape index (κ3) is 3.99. The van der Waals surface area contributed by atoms with Gasteiger partial charge in [-0.05, 0) is 48.4 Å². The van der Waals surface area contributed by atoms with Crippen LogP contribution >= 0.6 is 15.9 Å². The van der Waals surface area contributed by atoms with Crippen LogP contribution in [0.5, 0.6) is 11.5 Å². The average Bonchev–Trinajstić information content (AvgIpc) is 2.51. The summed E-state index contributed by atoms with van der Waals surface area (Å²) in [6.07, 6.45) is 0.977. The Hall–Kier alpha value is -1.52. The van der Waals surface area contributed by atoms with Gasteiger partial charge >= 0.3 is 0 Å². The third-order valence-corrected chi connectivity index (χ3v) is 3.91. The van der Waals surface area contributed by atoms with Crippen LogP contribution in [0.25, 0.3) is 0 Å². The minimum absolute atomic E-state index is 0.636. The van der Waals surface area contributed by atoms with E-state index in [4.69, 9.17) is 9.47 Å². The molecule has 0 radical (unpaired) electrons. The zero-order valence-corrected chi connectivity index (χ0v) is 13.4. The van der Waals surface area contributed by atoms with Crippen molar-refractivity contribution >= 4 is 15.9 Å². The highest BCUT2D eigenvalue weighted by Gasteiger charge is 2.11. The maximum Gasteiger partial charge on any atom is 0.161 e. The lowest BCUT2D eigenvalue weighted by Crippen LogP contribution is -2.17. The van der Waals surface area contributed by atoms with Crippen LogP contribution < -0.4 is 14.8 Å². The van der Waals surface area contributed by atoms with Gasteiger partial charge in [0.2, 0.25) is 0 Å². The molecule has 0 fully saturated rings. The van der Waals surface area contributed by atoms with E-state index in [2.05, 4.69) is 51.6 Å². The molecule has 0 aromatic heterocycles. The first kappa shape index (κ1) is 14.4. The standard InChI is InChI=1S/C17H18BrNO2/c18-15-3-1-2-14(10-15)12-19-7-6-13-4-5-16-17(11-13)21-9-8-20-16/h1-5,10-11,19H,6-9,12H2. The molecule has 110 valence electrons. The molecule has 0 aliphatic carbocycles. The molecule has 0 atom stereocenters. The minimum atomic E-state index is 0.636. The molecule has 3 rings (SSSR count). The van der Waals surface area contributed by atoms with Gasteiger partial charge in [-0.2, -0.15) is 0 Å². The van der Waals surface area contributed by atoms with Crippen molar-refractivity contribution in [1.82, 2.24) is 5.32 Å². The predicted molar refractivity (Wildman–Crippen MR) is 87.0 cm³/mol. The summed E-state index contributed by atoms with van der Waals surface area (Å²) in [6.45, 7) is 3.09. The van der Waals surface area contributed by atoms with E-state index in [-0.39, 0.29) is 0 Å². The Kier molecular flexibility index (Phi) is 4.78. The van der Waals surface area contributed by atoms with Crippen molar-refractivity contribution in [1.29, 1.82) is 0 Å². The van der Waals surface area contributed by atoms with E-state index in [0.29, 0.717) is 13.2 Å². The van der Waals surface area contributed by atoms with Crippen molar-refractivity contribution in [2.45, 2.75) is 13.0 Å². The molecule has 0 amide bonds. The maximum absolute atomic E-state index is 5.60. The molecule has 1 heterocycles. The van der Waals surface area contributed by atoms with Crippen LogP contribution in [0.15, 0.2) is 46.9 Å². The highest BCUT2D eigenvalue weighted by atomic mass is 79.9. The molecule has 1 aliphatic rings. The second kappa shape index (κ2) is 6.96. The Morgan fingerprint density at radius 1 is 0.952 bits per heavy atom. The zero-order chi connectivity index (χ0) is 14.5. The predicted octanol–water partition coefficient (Wildman–Crippen LogP) is 3.55. The second-order valence-corrected chi connectivity index (χ2v) is 5.95. The molecule has 3 nitrogen and oxygen atoms in total. The summed E-state index contributed by atoms with van der Waals surface area (Å²) in [4.78, 5) is 0. The topological polar surface area (TPSA) is 30.5 Å². The van der Waals surface area contributed by atoms with Crippen LogP contribution in [0.4, 0.5) is 0 Å². The van der Waals surface area contributed by atoms with Gasteiger partial charge in [0, 0.05) is 11.0 Å². The summed E-state index contributed by atoms with van der Waals surface area (Å²) in [5.74, 6) is 1.72. The third-order valence-electron chi connectivity index (χ3n) is 3.42. The van der Waals surface area contributed by atoms with Crippen molar-refractivity contribution in [3.8, 4) is 11.5 Å². The number of hydrogen-bond acceptors (Lipinski definition) is 3. The first-order valence-corrected chi connectivity index (χ1v) is 7.94. The first-order valence-electron chi connectivity index (χ1n) is 7.15. The van der Waals surface area contributed by atoms with Gasteiger partial charge in [0.05, 0.1) is 0 Å². The molecule has 2 aromatic rings. The summed E-state index contributed by atoms with van der Waals surface area (Å²) in [6, 6.07) is 14.5. The van der Waals surface area contributed by atoms with Crippen LogP contribution in [0, 0.1) is 0 Å². The van der Waals surface area contributed by atoms with E-state index < -0.39 is 0 Å². The Morgan fingerprint density at radius 2 is 1.81 bits per heavy atom. The normalized spacial score (nSPS) is 13.2. The Morgan fingerprint density at radius 3 is 2.67 bits per heavy atom. The largest absolute Gasteiger partial charge is 0.486 e. The van der Waals surface area contributed by atoms with Crippen LogP contribution in [-0.4, -0.2) is 19.8 Å². The Labute approximate surface area is 133 Å². The van der Waals surface area contributed by atoms with E-state index in [9.17, 15) is 0 Å². The number of rotatable bonds is 5. The number of halogens is 1. The van der Waals surface area contributed by atoms with Gasteiger partial charge in [-0.25, -0.2) is 0 Å². The SMILES string of the molecule is Brc1cccc(CNCCc2ccc3c(c2)OCCO3)c1. The van der Waals surface area contributed by atoms with Crippen LogP contribution in [0.1, 0.15) is 11.1 Å². The second-order valence-electron chi connectivity index (χ2n) is 5.03. The van der Waals surface area contributed by atoms with E-state index >= 15 is 0 Å². The summed E-state index contributed by atoms with van der Waals surface area (Å²) < 4.78 is 12.2. The Balaban J connectivity index is 1.49. The quantitative estimate of drug-likeness (QED) is 0.839. The van der Waals surface area contributed by atoms with Gasteiger partial charge in [-0.15, -0.1) is 0 Å². The van der Waals surface area contributed by atoms with Crippen molar-refractivity contribution in [3.05, 3.63) is 58.1 Å². The lowest BCUT2D eigenvalue weighted by atomic mass is 10.1. The first-order chi connectivity index (χ1) is 10.3. The highest BCUT2D eigenvalue weighted by Crippen LogP contribution is 2.30. The van der Waals surface area contributed by atoms with Crippen LogP contribution in [0.2, 0.25) is 0 Å². The number of hydrogen-bond donors (Lipinski definition) is 1. The lowest BCUT2D eigenvalue weighted by molar-refractivity contribution is 0.171. The monoisotopic (exact) mass is 347 g/mol. The van der Waals surface area contributed by atoms with E-state index in [1.54, 1.807) is 0 Å². The van der Waals surface area contributed by atoms with Gasteiger partial charge in [0.1, 0.15) is 13.2 Å². The fourth-order valence-corrected chi connectivity index (χ4v) is 2.80. The fraction of sp³-hybridized carbons (Fsp3) is 0.294. The molecule has 0 unspecified atom stereocenters. The number of nitrogens with one attached hydrogen (secondary N) is 1. The molecular formula is C17H18BrNO2. The number of ether oxygens (including phenoxy) is 2. The molecule has 1 N–H and O–H groups in total. The smallest absolute Gasteiger partial charge is 0.161 e. The summed E-state index contributed by atoms with van der Waals surface area (Å²) >= 11 is 3.49. The van der Waals surface area contributed by atoms with Crippen molar-refractivity contribution < 1.29 is 9.47 Å². The van der Waals surface area contributed by atoms with Gasteiger partial charge < -0.3 is 14.8 Å². The van der Waals surface area contributed by atoms with Gasteiger partial charge in [-0.3, -0.25) is 0 Å². The molecule has 0 bridgehead atoms. The summed E-state index contributed by atoms with van der Waals surface area (Å²) in [5.41, 5.74) is 2.55. The van der Waals surface area contributed by atoms with Crippen molar-refractivity contribution in [2.75, 3.05) is 19.8 Å². The highest BCUT2D eigenvalue weighted by molar-refractivity contribution is 9.10. The fourth-order valence-electron chi connectivity index (χ4n) is 2.36. The zero-order valence-electron chi connectivity index (χ0n) is 11.8. The summed E-state index contributed by atoms with van der Waals surface area (Å²) in [7, 11) is 0. The maximum atomic E-state index is 5.60. The molecule has 0 saturated carbocycles. The molecule has 1 aliphatic heterocycles. The molecule has 4 heteroatoms. The van der Waals surface area contributed by atoms with Crippen LogP contribution in [0.3, 0.4) is 0 Å². The van der Waals surface area contributed by atoms with Gasteiger partial charge in [-0.1, -0.05) is 34.1 Å². The molecule has 21 heavy (non-hydrogen) atoms. The van der Waals surface area contributed by atoms with E-state index in [0.717, 1.165) is 35.5 Å². The number of fused-ring (bicyclic) bond motifs is 1.